The molecule has 1 fully saturated rings. The topological polar surface area (TPSA) is 73.4 Å². The van der Waals surface area contributed by atoms with Crippen LogP contribution in [0.15, 0.2) is 48.6 Å². The van der Waals surface area contributed by atoms with E-state index >= 15 is 0 Å². The van der Waals surface area contributed by atoms with Crippen LogP contribution in [0, 0.1) is 5.82 Å². The summed E-state index contributed by atoms with van der Waals surface area (Å²) in [5.74, 6) is -1.70. The first-order chi connectivity index (χ1) is 16.8. The maximum Gasteiger partial charge on any atom is 0.284 e. The average Bonchev–Trinajstić information content (AvgIpc) is 2.85. The number of rotatable bonds is 7. The summed E-state index contributed by atoms with van der Waals surface area (Å²) in [6.07, 6.45) is 3.34. The van der Waals surface area contributed by atoms with E-state index in [0.717, 1.165) is 31.7 Å². The Balaban J connectivity index is 1.55. The lowest BCUT2D eigenvalue weighted by molar-refractivity contribution is -0.114. The number of fused-ring (bicyclic) bond motifs is 1. The highest BCUT2D eigenvalue weighted by atomic mass is 35.5. The molecule has 1 amide bonds. The molecule has 2 N–H and O–H groups in total. The van der Waals surface area contributed by atoms with Crippen molar-refractivity contribution in [3.63, 3.8) is 0 Å². The van der Waals surface area contributed by atoms with E-state index in [-0.39, 0.29) is 5.02 Å². The molecule has 35 heavy (non-hydrogen) atoms. The van der Waals surface area contributed by atoms with Gasteiger partial charge in [0, 0.05) is 49.5 Å². The molecule has 0 aliphatic carbocycles. The van der Waals surface area contributed by atoms with Crippen molar-refractivity contribution in [3.05, 3.63) is 65.0 Å². The van der Waals surface area contributed by atoms with Crippen LogP contribution in [-0.4, -0.2) is 65.4 Å². The van der Waals surface area contributed by atoms with Gasteiger partial charge in [-0.05, 0) is 55.4 Å². The lowest BCUT2D eigenvalue weighted by Gasteiger charge is -2.31. The molecule has 0 saturated carbocycles. The van der Waals surface area contributed by atoms with Crippen molar-refractivity contribution in [3.8, 4) is 0 Å². The standard InChI is InChI=1S/C25H27ClF2N6O/c1-3-16-12-23-18(24(30-15-29-23)31-17-4-5-20(27)19(26)13-17)14-22(16)32-25(35)21(28)6-7-34-10-8-33(2)9-11-34/h4-6,12-15H,3,7-11H2,1-2H3,(H,32,35)(H,29,30,31). The summed E-state index contributed by atoms with van der Waals surface area (Å²) in [4.78, 5) is 25.5. The van der Waals surface area contributed by atoms with Gasteiger partial charge < -0.3 is 15.5 Å². The zero-order chi connectivity index (χ0) is 24.9. The molecule has 2 heterocycles. The minimum Gasteiger partial charge on any atom is -0.340 e. The number of benzene rings is 2. The second-order valence-electron chi connectivity index (χ2n) is 8.47. The van der Waals surface area contributed by atoms with Gasteiger partial charge in [0.05, 0.1) is 10.5 Å². The molecule has 0 bridgehead atoms. The number of anilines is 3. The zero-order valence-corrected chi connectivity index (χ0v) is 20.4. The molecule has 2 aromatic carbocycles. The van der Waals surface area contributed by atoms with Crippen LogP contribution in [0.1, 0.15) is 12.5 Å². The Morgan fingerprint density at radius 2 is 1.94 bits per heavy atom. The molecule has 3 aromatic rings. The molecular weight excluding hydrogens is 474 g/mol. The monoisotopic (exact) mass is 500 g/mol. The van der Waals surface area contributed by atoms with Gasteiger partial charge in [-0.3, -0.25) is 9.69 Å². The molecule has 10 heteroatoms. The SMILES string of the molecule is CCc1cc2ncnc(Nc3ccc(F)c(Cl)c3)c2cc1NC(=O)C(F)=CCN1CCN(C)CC1. The van der Waals surface area contributed by atoms with Gasteiger partial charge in [0.1, 0.15) is 18.0 Å². The van der Waals surface area contributed by atoms with Crippen LogP contribution < -0.4 is 10.6 Å². The number of nitrogens with zero attached hydrogens (tertiary/aromatic N) is 4. The second kappa shape index (κ2) is 11.1. The van der Waals surface area contributed by atoms with Crippen molar-refractivity contribution in [1.29, 1.82) is 0 Å². The fourth-order valence-corrected chi connectivity index (χ4v) is 4.06. The largest absolute Gasteiger partial charge is 0.340 e. The molecule has 4 rings (SSSR count). The number of hydrogen-bond acceptors (Lipinski definition) is 6. The van der Waals surface area contributed by atoms with Gasteiger partial charge >= 0.3 is 0 Å². The number of aromatic nitrogens is 2. The van der Waals surface area contributed by atoms with E-state index in [0.29, 0.717) is 41.1 Å². The summed E-state index contributed by atoms with van der Waals surface area (Å²) in [6.45, 7) is 5.83. The maximum absolute atomic E-state index is 14.6. The Bertz CT molecular complexity index is 1260. The number of nitrogens with one attached hydrogen (secondary N) is 2. The van der Waals surface area contributed by atoms with Crippen LogP contribution >= 0.6 is 11.6 Å². The predicted octanol–water partition coefficient (Wildman–Crippen LogP) is 4.77. The van der Waals surface area contributed by atoms with Gasteiger partial charge in [0.15, 0.2) is 5.83 Å². The molecule has 184 valence electrons. The van der Waals surface area contributed by atoms with E-state index in [9.17, 15) is 13.6 Å². The van der Waals surface area contributed by atoms with E-state index in [1.54, 1.807) is 12.1 Å². The minimum atomic E-state index is -0.824. The number of amides is 1. The molecule has 0 spiro atoms. The van der Waals surface area contributed by atoms with Crippen molar-refractivity contribution in [2.75, 3.05) is 50.4 Å². The smallest absolute Gasteiger partial charge is 0.284 e. The predicted molar refractivity (Wildman–Crippen MR) is 135 cm³/mol. The molecule has 1 aromatic heterocycles. The first kappa shape index (κ1) is 25.0. The maximum atomic E-state index is 14.6. The van der Waals surface area contributed by atoms with E-state index in [4.69, 9.17) is 11.6 Å². The van der Waals surface area contributed by atoms with E-state index in [2.05, 4.69) is 37.4 Å². The number of piperazine rings is 1. The summed E-state index contributed by atoms with van der Waals surface area (Å²) >= 11 is 5.89. The van der Waals surface area contributed by atoms with Crippen LogP contribution in [0.25, 0.3) is 10.9 Å². The van der Waals surface area contributed by atoms with E-state index < -0.39 is 17.6 Å². The summed E-state index contributed by atoms with van der Waals surface area (Å²) in [5.41, 5.74) is 2.48. The molecule has 1 saturated heterocycles. The number of halogens is 3. The lowest BCUT2D eigenvalue weighted by Crippen LogP contribution is -2.44. The summed E-state index contributed by atoms with van der Waals surface area (Å²) in [6, 6.07) is 7.80. The van der Waals surface area contributed by atoms with Gasteiger partial charge in [-0.15, -0.1) is 0 Å². The Hall–Kier alpha value is -3.14. The summed E-state index contributed by atoms with van der Waals surface area (Å²) in [7, 11) is 2.05. The number of aryl methyl sites for hydroxylation is 1. The second-order valence-corrected chi connectivity index (χ2v) is 8.87. The van der Waals surface area contributed by atoms with Gasteiger partial charge in [0.25, 0.3) is 5.91 Å². The molecule has 1 aliphatic rings. The van der Waals surface area contributed by atoms with Crippen LogP contribution in [0.5, 0.6) is 0 Å². The highest BCUT2D eigenvalue weighted by molar-refractivity contribution is 6.31. The number of likely N-dealkylation sites (N-methyl/N-ethyl adjacent to an activating group) is 1. The molecule has 0 unspecified atom stereocenters. The zero-order valence-electron chi connectivity index (χ0n) is 19.6. The third kappa shape index (κ3) is 6.11. The minimum absolute atomic E-state index is 0.0200. The Morgan fingerprint density at radius 1 is 1.17 bits per heavy atom. The summed E-state index contributed by atoms with van der Waals surface area (Å²) < 4.78 is 28.2. The first-order valence-corrected chi connectivity index (χ1v) is 11.8. The summed E-state index contributed by atoms with van der Waals surface area (Å²) in [5, 5.41) is 6.39. The number of carbonyl (C=O) groups is 1. The quantitative estimate of drug-likeness (QED) is 0.455. The van der Waals surface area contributed by atoms with Crippen LogP contribution in [-0.2, 0) is 11.2 Å². The molecular formula is C25H27ClF2N6O. The third-order valence-electron chi connectivity index (χ3n) is 6.01. The fraction of sp³-hybridized carbons (Fsp3) is 0.320. The Labute approximate surface area is 207 Å². The highest BCUT2D eigenvalue weighted by Gasteiger charge is 2.17. The van der Waals surface area contributed by atoms with Gasteiger partial charge in [-0.1, -0.05) is 18.5 Å². The molecule has 7 nitrogen and oxygen atoms in total. The van der Waals surface area contributed by atoms with E-state index in [1.165, 1.54) is 24.5 Å². The van der Waals surface area contributed by atoms with Gasteiger partial charge in [-0.25, -0.2) is 18.7 Å². The fourth-order valence-electron chi connectivity index (χ4n) is 3.88. The van der Waals surface area contributed by atoms with Crippen molar-refractivity contribution in [2.24, 2.45) is 0 Å². The highest BCUT2D eigenvalue weighted by Crippen LogP contribution is 2.30. The molecule has 0 radical (unpaired) electrons. The average molecular weight is 501 g/mol. The number of hydrogen-bond donors (Lipinski definition) is 2. The normalized spacial score (nSPS) is 15.4. The van der Waals surface area contributed by atoms with Crippen molar-refractivity contribution < 1.29 is 13.6 Å². The Morgan fingerprint density at radius 3 is 2.66 bits per heavy atom. The van der Waals surface area contributed by atoms with Crippen molar-refractivity contribution in [1.82, 2.24) is 19.8 Å². The van der Waals surface area contributed by atoms with Crippen LogP contribution in [0.2, 0.25) is 5.02 Å². The van der Waals surface area contributed by atoms with E-state index in [1.807, 2.05) is 13.0 Å². The van der Waals surface area contributed by atoms with Gasteiger partial charge in [-0.2, -0.15) is 0 Å². The third-order valence-corrected chi connectivity index (χ3v) is 6.30. The first-order valence-electron chi connectivity index (χ1n) is 11.4. The molecule has 1 aliphatic heterocycles. The Kier molecular flexibility index (Phi) is 7.90. The number of carbonyl (C=O) groups excluding carboxylic acids is 1. The van der Waals surface area contributed by atoms with Crippen LogP contribution in [0.3, 0.4) is 0 Å². The van der Waals surface area contributed by atoms with Gasteiger partial charge in [0.2, 0.25) is 0 Å². The van der Waals surface area contributed by atoms with Crippen molar-refractivity contribution >= 4 is 45.6 Å². The van der Waals surface area contributed by atoms with Crippen molar-refractivity contribution in [2.45, 2.75) is 13.3 Å². The lowest BCUT2D eigenvalue weighted by atomic mass is 10.1. The van der Waals surface area contributed by atoms with Crippen LogP contribution in [0.4, 0.5) is 26.0 Å². The molecule has 0 atom stereocenters.